The first-order chi connectivity index (χ1) is 10.2. The summed E-state index contributed by atoms with van der Waals surface area (Å²) in [7, 11) is 0. The van der Waals surface area contributed by atoms with E-state index in [-0.39, 0.29) is 42.8 Å². The van der Waals surface area contributed by atoms with E-state index in [9.17, 15) is 19.2 Å². The van der Waals surface area contributed by atoms with Gasteiger partial charge in [0.05, 0.1) is 24.6 Å². The number of aliphatic carboxylic acids is 2. The van der Waals surface area contributed by atoms with Gasteiger partial charge >= 0.3 is 53.4 Å². The van der Waals surface area contributed by atoms with Crippen molar-refractivity contribution in [1.29, 1.82) is 10.8 Å². The van der Waals surface area contributed by atoms with Crippen LogP contribution in [0.15, 0.2) is 0 Å². The van der Waals surface area contributed by atoms with Crippen molar-refractivity contribution in [1.82, 2.24) is 0 Å². The minimum atomic E-state index is -2.19. The zero-order chi connectivity index (χ0) is 17.4. The molecule has 0 aromatic carbocycles. The summed E-state index contributed by atoms with van der Waals surface area (Å²) in [5.74, 6) is -10.6. The second-order valence-corrected chi connectivity index (χ2v) is 3.87. The second-order valence-electron chi connectivity index (χ2n) is 3.87. The van der Waals surface area contributed by atoms with E-state index >= 15 is 0 Å². The number of carboxylic acids is 2. The monoisotopic (exact) mass is 339 g/mol. The standard InChI is InChI=1S/C12H16N2O8.Na/c1-3-21-11(19)5(9(15)16)7(13)8(14)6(10(17)18)12(20)22-4-2;/h5-6,13-14H,3-4H2,1-2H3,(H,15,16)(H,17,18);/q;+1. The van der Waals surface area contributed by atoms with Crippen LogP contribution in [0.1, 0.15) is 13.8 Å². The van der Waals surface area contributed by atoms with Crippen molar-refractivity contribution in [3.05, 3.63) is 0 Å². The Kier molecular flexibility index (Phi) is 11.1. The molecule has 23 heavy (non-hydrogen) atoms. The molecule has 2 atom stereocenters. The molecule has 0 amide bonds. The van der Waals surface area contributed by atoms with Crippen LogP contribution in [0.4, 0.5) is 0 Å². The Morgan fingerprint density at radius 2 is 1.09 bits per heavy atom. The molecule has 0 saturated heterocycles. The molecule has 122 valence electrons. The number of rotatable bonds is 9. The maximum absolute atomic E-state index is 11.5. The van der Waals surface area contributed by atoms with Gasteiger partial charge in [0, 0.05) is 0 Å². The number of carbonyl (C=O) groups is 4. The largest absolute Gasteiger partial charge is 1.00 e. The van der Waals surface area contributed by atoms with Crippen LogP contribution in [-0.4, -0.2) is 58.7 Å². The van der Waals surface area contributed by atoms with Gasteiger partial charge in [0.25, 0.3) is 0 Å². The molecular weight excluding hydrogens is 323 g/mol. The number of hydrogen-bond donors (Lipinski definition) is 4. The van der Waals surface area contributed by atoms with Gasteiger partial charge in [0.1, 0.15) is 0 Å². The third-order valence-electron chi connectivity index (χ3n) is 2.41. The minimum absolute atomic E-state index is 0. The van der Waals surface area contributed by atoms with Crippen molar-refractivity contribution in [2.75, 3.05) is 13.2 Å². The third kappa shape index (κ3) is 6.47. The van der Waals surface area contributed by atoms with E-state index < -0.39 is 47.1 Å². The van der Waals surface area contributed by atoms with Crippen LogP contribution in [-0.2, 0) is 28.7 Å². The van der Waals surface area contributed by atoms with Crippen molar-refractivity contribution in [3.8, 4) is 0 Å². The molecule has 10 nitrogen and oxygen atoms in total. The van der Waals surface area contributed by atoms with Crippen molar-refractivity contribution in [2.24, 2.45) is 11.8 Å². The average Bonchev–Trinajstić information content (AvgIpc) is 2.38. The van der Waals surface area contributed by atoms with E-state index in [1.807, 2.05) is 0 Å². The maximum atomic E-state index is 11.5. The summed E-state index contributed by atoms with van der Waals surface area (Å²) in [6.45, 7) is 2.49. The molecule has 4 N–H and O–H groups in total. The number of nitrogens with one attached hydrogen (secondary N) is 2. The van der Waals surface area contributed by atoms with Gasteiger partial charge in [-0.25, -0.2) is 0 Å². The van der Waals surface area contributed by atoms with Gasteiger partial charge in [0.15, 0.2) is 11.8 Å². The van der Waals surface area contributed by atoms with Gasteiger partial charge in [-0.1, -0.05) is 0 Å². The summed E-state index contributed by atoms with van der Waals surface area (Å²) in [5, 5.41) is 33.0. The Bertz CT molecular complexity index is 473. The molecule has 0 radical (unpaired) electrons. The fourth-order valence-corrected chi connectivity index (χ4v) is 1.45. The Morgan fingerprint density at radius 1 is 0.826 bits per heavy atom. The quantitative estimate of drug-likeness (QED) is 0.145. The van der Waals surface area contributed by atoms with E-state index in [2.05, 4.69) is 9.47 Å². The van der Waals surface area contributed by atoms with Crippen molar-refractivity contribution in [3.63, 3.8) is 0 Å². The number of carboxylic acid groups (broad SMARTS) is 2. The van der Waals surface area contributed by atoms with Crippen LogP contribution >= 0.6 is 0 Å². The van der Waals surface area contributed by atoms with Gasteiger partial charge < -0.3 is 30.5 Å². The molecule has 0 aliphatic rings. The molecule has 0 heterocycles. The first kappa shape index (κ1) is 23.5. The molecule has 0 rings (SSSR count). The van der Waals surface area contributed by atoms with Gasteiger partial charge in [-0.3, -0.25) is 19.2 Å². The van der Waals surface area contributed by atoms with Crippen LogP contribution in [0.5, 0.6) is 0 Å². The summed E-state index contributed by atoms with van der Waals surface area (Å²) < 4.78 is 8.93. The molecule has 0 aromatic rings. The van der Waals surface area contributed by atoms with E-state index in [1.54, 1.807) is 0 Å². The molecule has 0 aromatic heterocycles. The number of carbonyl (C=O) groups excluding carboxylic acids is 2. The first-order valence-corrected chi connectivity index (χ1v) is 6.15. The van der Waals surface area contributed by atoms with E-state index in [1.165, 1.54) is 13.8 Å². The molecule has 2 unspecified atom stereocenters. The Hall–Kier alpha value is -1.78. The number of esters is 2. The molecule has 0 spiro atoms. The molecule has 0 saturated carbocycles. The Labute approximate surface area is 153 Å². The van der Waals surface area contributed by atoms with Crippen LogP contribution < -0.4 is 29.6 Å². The SMILES string of the molecule is CCOC(=O)C(C(=N)C(=N)C(C(=O)O)C(=O)OCC)C(=O)O.[Na+]. The topological polar surface area (TPSA) is 175 Å². The normalized spacial score (nSPS) is 12.1. The van der Waals surface area contributed by atoms with Crippen molar-refractivity contribution >= 4 is 35.3 Å². The summed E-state index contributed by atoms with van der Waals surface area (Å²) in [5.41, 5.74) is -2.29. The first-order valence-electron chi connectivity index (χ1n) is 6.15. The molecule has 0 fully saturated rings. The average molecular weight is 339 g/mol. The van der Waals surface area contributed by atoms with Crippen molar-refractivity contribution < 1.29 is 68.4 Å². The molecule has 0 bridgehead atoms. The maximum Gasteiger partial charge on any atom is 1.00 e. The van der Waals surface area contributed by atoms with Gasteiger partial charge in [0.2, 0.25) is 0 Å². The summed E-state index contributed by atoms with van der Waals surface area (Å²) >= 11 is 0. The fraction of sp³-hybridized carbons (Fsp3) is 0.500. The summed E-state index contributed by atoms with van der Waals surface area (Å²) in [4.78, 5) is 45.1. The smallest absolute Gasteiger partial charge is 0.480 e. The molecule has 11 heteroatoms. The molecular formula is C12H16N2NaO8+. The zero-order valence-corrected chi connectivity index (χ0v) is 14.9. The summed E-state index contributed by atoms with van der Waals surface area (Å²) in [6, 6.07) is 0. The van der Waals surface area contributed by atoms with E-state index in [0.717, 1.165) is 0 Å². The van der Waals surface area contributed by atoms with Gasteiger partial charge in [-0.2, -0.15) is 0 Å². The minimum Gasteiger partial charge on any atom is -0.480 e. The van der Waals surface area contributed by atoms with Gasteiger partial charge in [-0.05, 0) is 13.8 Å². The third-order valence-corrected chi connectivity index (χ3v) is 2.41. The van der Waals surface area contributed by atoms with Crippen molar-refractivity contribution in [2.45, 2.75) is 13.8 Å². The number of hydrogen-bond acceptors (Lipinski definition) is 8. The van der Waals surface area contributed by atoms with E-state index in [0.29, 0.717) is 0 Å². The Morgan fingerprint density at radius 3 is 1.26 bits per heavy atom. The Balaban J connectivity index is 0. The second kappa shape index (κ2) is 10.9. The van der Waals surface area contributed by atoms with Crippen LogP contribution in [0.2, 0.25) is 0 Å². The van der Waals surface area contributed by atoms with Gasteiger partial charge in [-0.15, -0.1) is 0 Å². The predicted octanol–water partition coefficient (Wildman–Crippen LogP) is -3.44. The number of ether oxygens (including phenoxy) is 2. The fourth-order valence-electron chi connectivity index (χ4n) is 1.45. The molecule has 0 aliphatic heterocycles. The predicted molar refractivity (Wildman–Crippen MR) is 71.0 cm³/mol. The van der Waals surface area contributed by atoms with E-state index in [4.69, 9.17) is 21.0 Å². The van der Waals surface area contributed by atoms with Crippen LogP contribution in [0, 0.1) is 22.7 Å². The van der Waals surface area contributed by atoms with Crippen LogP contribution in [0.25, 0.3) is 0 Å². The molecule has 0 aliphatic carbocycles. The van der Waals surface area contributed by atoms with Crippen LogP contribution in [0.3, 0.4) is 0 Å². The summed E-state index contributed by atoms with van der Waals surface area (Å²) in [6.07, 6.45) is 0. The zero-order valence-electron chi connectivity index (χ0n) is 12.9.